The lowest BCUT2D eigenvalue weighted by Gasteiger charge is -2.29. The maximum absolute atomic E-state index is 12.7. The minimum Gasteiger partial charge on any atom is -0.400 e. The normalized spacial score (nSPS) is 14.6. The van der Waals surface area contributed by atoms with Crippen LogP contribution in [0.4, 0.5) is 30.7 Å². The van der Waals surface area contributed by atoms with Crippen LogP contribution >= 0.6 is 0 Å². The first-order valence-electron chi connectivity index (χ1n) is 3.87. The second-order valence-electron chi connectivity index (χ2n) is 2.88. The van der Waals surface area contributed by atoms with E-state index in [-0.39, 0.29) is 0 Å². The molecular formula is C6H9F7O2Si. The second-order valence-corrected chi connectivity index (χ2v) is 5.09. The molecule has 10 heteroatoms. The van der Waals surface area contributed by atoms with E-state index in [1.54, 1.807) is 0 Å². The van der Waals surface area contributed by atoms with Crippen molar-refractivity contribution in [3.8, 4) is 0 Å². The largest absolute Gasteiger partial charge is 0.459 e. The number of hydrogen-bond donors (Lipinski definition) is 0. The van der Waals surface area contributed by atoms with Crippen LogP contribution in [0.1, 0.15) is 0 Å². The molecule has 0 bridgehead atoms. The molecule has 0 aliphatic heterocycles. The van der Waals surface area contributed by atoms with Gasteiger partial charge in [0.1, 0.15) is 0 Å². The van der Waals surface area contributed by atoms with Crippen LogP contribution in [0.15, 0.2) is 0 Å². The molecule has 0 fully saturated rings. The highest BCUT2D eigenvalue weighted by atomic mass is 28.3. The maximum atomic E-state index is 12.7. The number of hydrogen-bond acceptors (Lipinski definition) is 2. The van der Waals surface area contributed by atoms with Crippen molar-refractivity contribution in [2.45, 2.75) is 24.1 Å². The third kappa shape index (κ3) is 3.07. The minimum absolute atomic E-state index is 0.905. The molecule has 0 aromatic carbocycles. The average molecular weight is 274 g/mol. The van der Waals surface area contributed by atoms with Crippen LogP contribution < -0.4 is 0 Å². The molecule has 0 aromatic rings. The minimum atomic E-state index is -6.31. The highest BCUT2D eigenvalue weighted by Crippen LogP contribution is 2.48. The van der Waals surface area contributed by atoms with Gasteiger partial charge in [-0.05, 0) is 0 Å². The van der Waals surface area contributed by atoms with Crippen LogP contribution in [-0.2, 0) is 8.85 Å². The van der Waals surface area contributed by atoms with E-state index in [9.17, 15) is 30.7 Å². The van der Waals surface area contributed by atoms with Crippen LogP contribution in [0.5, 0.6) is 0 Å². The molecule has 0 N–H and O–H groups in total. The van der Waals surface area contributed by atoms with Gasteiger partial charge in [0.2, 0.25) is 0 Å². The fourth-order valence-electron chi connectivity index (χ4n) is 0.808. The summed E-state index contributed by atoms with van der Waals surface area (Å²) in [6.45, 7) is 0. The molecule has 0 spiro atoms. The molecule has 16 heavy (non-hydrogen) atoms. The van der Waals surface area contributed by atoms with Crippen molar-refractivity contribution in [1.82, 2.24) is 0 Å². The lowest BCUT2D eigenvalue weighted by molar-refractivity contribution is -0.350. The first kappa shape index (κ1) is 15.6. The second kappa shape index (κ2) is 4.88. The van der Waals surface area contributed by atoms with Crippen molar-refractivity contribution < 1.29 is 39.6 Å². The van der Waals surface area contributed by atoms with Crippen LogP contribution in [0.25, 0.3) is 0 Å². The Balaban J connectivity index is 4.90. The van der Waals surface area contributed by atoms with Crippen molar-refractivity contribution in [1.29, 1.82) is 0 Å². The molecule has 0 amide bonds. The van der Waals surface area contributed by atoms with Gasteiger partial charge in [-0.2, -0.15) is 30.7 Å². The predicted molar refractivity (Wildman–Crippen MR) is 41.9 cm³/mol. The average Bonchev–Trinajstić information content (AvgIpc) is 2.12. The van der Waals surface area contributed by atoms with Crippen molar-refractivity contribution in [2.24, 2.45) is 0 Å². The molecule has 0 radical (unpaired) electrons. The molecule has 98 valence electrons. The summed E-state index contributed by atoms with van der Waals surface area (Å²) >= 11 is 0. The zero-order chi connectivity index (χ0) is 13.2. The molecule has 0 aliphatic rings. The van der Waals surface area contributed by atoms with E-state index in [2.05, 4.69) is 8.85 Å². The zero-order valence-corrected chi connectivity index (χ0v) is 9.40. The Morgan fingerprint density at radius 1 is 0.875 bits per heavy atom. The third-order valence-corrected chi connectivity index (χ3v) is 3.66. The molecule has 2 nitrogen and oxygen atoms in total. The van der Waals surface area contributed by atoms with E-state index in [1.807, 2.05) is 0 Å². The molecule has 0 heterocycles. The molecule has 0 unspecified atom stereocenters. The molecular weight excluding hydrogens is 265 g/mol. The van der Waals surface area contributed by atoms with E-state index >= 15 is 0 Å². The van der Waals surface area contributed by atoms with Crippen LogP contribution in [0.2, 0.25) is 6.04 Å². The van der Waals surface area contributed by atoms with Gasteiger partial charge in [-0.3, -0.25) is 0 Å². The van der Waals surface area contributed by atoms with Crippen LogP contribution in [0, 0.1) is 0 Å². The quantitative estimate of drug-likeness (QED) is 0.566. The topological polar surface area (TPSA) is 18.5 Å². The van der Waals surface area contributed by atoms with Gasteiger partial charge < -0.3 is 8.85 Å². The monoisotopic (exact) mass is 274 g/mol. The fourth-order valence-corrected chi connectivity index (χ4v) is 2.01. The van der Waals surface area contributed by atoms with Gasteiger partial charge in [-0.25, -0.2) is 0 Å². The summed E-state index contributed by atoms with van der Waals surface area (Å²) in [7, 11) is -1.41. The smallest absolute Gasteiger partial charge is 0.400 e. The first-order valence-corrected chi connectivity index (χ1v) is 5.63. The van der Waals surface area contributed by atoms with E-state index in [1.165, 1.54) is 0 Å². The number of alkyl halides is 7. The Kier molecular flexibility index (Phi) is 4.77. The summed E-state index contributed by atoms with van der Waals surface area (Å²) in [5.74, 6) is -11.3. The molecule has 0 aliphatic carbocycles. The predicted octanol–water partition coefficient (Wildman–Crippen LogP) is 2.33. The van der Waals surface area contributed by atoms with Gasteiger partial charge in [0, 0.05) is 14.2 Å². The van der Waals surface area contributed by atoms with Crippen molar-refractivity contribution >= 4 is 9.28 Å². The van der Waals surface area contributed by atoms with E-state index < -0.39 is 33.3 Å². The Hall–Kier alpha value is -0.353. The SMILES string of the molecule is CO[SiH](CC(F)(F)C(F)(F)C(F)(F)F)OC. The third-order valence-electron chi connectivity index (χ3n) is 1.76. The van der Waals surface area contributed by atoms with Gasteiger partial charge in [0.05, 0.1) is 6.04 Å². The Morgan fingerprint density at radius 2 is 1.25 bits per heavy atom. The highest BCUT2D eigenvalue weighted by molar-refractivity contribution is 6.44. The Morgan fingerprint density at radius 3 is 1.50 bits per heavy atom. The molecule has 0 atom stereocenters. The van der Waals surface area contributed by atoms with Gasteiger partial charge in [-0.15, -0.1) is 0 Å². The molecule has 0 aromatic heterocycles. The fraction of sp³-hybridized carbons (Fsp3) is 1.00. The number of halogens is 7. The van der Waals surface area contributed by atoms with Crippen molar-refractivity contribution in [2.75, 3.05) is 14.2 Å². The van der Waals surface area contributed by atoms with E-state index in [4.69, 9.17) is 0 Å². The molecule has 0 rings (SSSR count). The van der Waals surface area contributed by atoms with E-state index in [0.29, 0.717) is 0 Å². The highest BCUT2D eigenvalue weighted by Gasteiger charge is 2.73. The van der Waals surface area contributed by atoms with Crippen molar-refractivity contribution in [3.05, 3.63) is 0 Å². The Bertz CT molecular complexity index is 225. The van der Waals surface area contributed by atoms with Gasteiger partial charge in [0.25, 0.3) is 0 Å². The summed E-state index contributed by atoms with van der Waals surface area (Å²) in [4.78, 5) is 0. The summed E-state index contributed by atoms with van der Waals surface area (Å²) in [5.41, 5.74) is 0. The van der Waals surface area contributed by atoms with Crippen molar-refractivity contribution in [3.63, 3.8) is 0 Å². The summed E-state index contributed by atoms with van der Waals surface area (Å²) < 4.78 is 93.8. The summed E-state index contributed by atoms with van der Waals surface area (Å²) in [5, 5.41) is 0. The van der Waals surface area contributed by atoms with Gasteiger partial charge in [-0.1, -0.05) is 0 Å². The first-order chi connectivity index (χ1) is 6.99. The van der Waals surface area contributed by atoms with E-state index in [0.717, 1.165) is 14.2 Å². The molecule has 0 saturated carbocycles. The number of rotatable bonds is 5. The maximum Gasteiger partial charge on any atom is 0.459 e. The van der Waals surface area contributed by atoms with Gasteiger partial charge >= 0.3 is 27.3 Å². The van der Waals surface area contributed by atoms with Gasteiger partial charge in [0.15, 0.2) is 0 Å². The summed E-state index contributed by atoms with van der Waals surface area (Å²) in [6, 6.07) is -1.76. The summed E-state index contributed by atoms with van der Waals surface area (Å²) in [6.07, 6.45) is -6.31. The Labute approximate surface area is 88.2 Å². The van der Waals surface area contributed by atoms with Crippen LogP contribution in [0.3, 0.4) is 0 Å². The lowest BCUT2D eigenvalue weighted by Crippen LogP contribution is -2.53. The lowest BCUT2D eigenvalue weighted by atomic mass is 10.2. The van der Waals surface area contributed by atoms with Crippen LogP contribution in [-0.4, -0.2) is 41.5 Å². The standard InChI is InChI=1S/C6H9F7O2Si/c1-14-16(15-2)3-4(7,8)5(9,10)6(11,12)13/h16H,3H2,1-2H3. The molecule has 0 saturated heterocycles. The zero-order valence-electron chi connectivity index (χ0n) is 8.25.